The van der Waals surface area contributed by atoms with Gasteiger partial charge in [0.05, 0.1) is 17.1 Å². The smallest absolute Gasteiger partial charge is 0.335 e. The number of carboxylic acids is 3. The van der Waals surface area contributed by atoms with Gasteiger partial charge in [-0.25, -0.2) is 4.79 Å². The van der Waals surface area contributed by atoms with E-state index in [9.17, 15) is 24.3 Å². The van der Waals surface area contributed by atoms with Gasteiger partial charge in [0.25, 0.3) is 0 Å². The molecule has 9 heteroatoms. The Kier molecular flexibility index (Phi) is 17.1. The van der Waals surface area contributed by atoms with Crippen molar-refractivity contribution < 1.29 is 39.6 Å². The molecule has 5 N–H and O–H groups in total. The Balaban J connectivity index is 0. The molecule has 0 aliphatic heterocycles. The Morgan fingerprint density at radius 1 is 0.824 bits per heavy atom. The van der Waals surface area contributed by atoms with Crippen LogP contribution in [0.1, 0.15) is 89.6 Å². The van der Waals surface area contributed by atoms with Crippen LogP contribution in [0.25, 0.3) is 0 Å². The lowest BCUT2D eigenvalue weighted by Gasteiger charge is -2.17. The molecular formula is C25H41NO8. The van der Waals surface area contributed by atoms with Crippen LogP contribution in [0, 0.1) is 11.8 Å². The van der Waals surface area contributed by atoms with Gasteiger partial charge >= 0.3 is 17.9 Å². The van der Waals surface area contributed by atoms with E-state index in [-0.39, 0.29) is 29.7 Å². The number of amides is 1. The Bertz CT molecular complexity index is 749. The van der Waals surface area contributed by atoms with Gasteiger partial charge < -0.3 is 25.7 Å². The highest BCUT2D eigenvalue weighted by Gasteiger charge is 2.15. The van der Waals surface area contributed by atoms with Crippen molar-refractivity contribution >= 4 is 23.8 Å². The molecular weight excluding hydrogens is 442 g/mol. The summed E-state index contributed by atoms with van der Waals surface area (Å²) in [7, 11) is 0. The fraction of sp³-hybridized carbons (Fsp3) is 0.600. The number of aliphatic carboxylic acids is 2. The molecule has 34 heavy (non-hydrogen) atoms. The molecule has 194 valence electrons. The topological polar surface area (TPSA) is 161 Å². The van der Waals surface area contributed by atoms with E-state index in [2.05, 4.69) is 5.32 Å². The fourth-order valence-corrected chi connectivity index (χ4v) is 2.19. The third-order valence-electron chi connectivity index (χ3n) is 4.47. The number of rotatable bonds is 11. The largest absolute Gasteiger partial charge is 0.481 e. The molecule has 9 nitrogen and oxygen atoms in total. The number of carboxylic acid groups (broad SMARTS) is 3. The molecule has 0 unspecified atom stereocenters. The number of unbranched alkanes of at least 4 members (excludes halogenated alkanes) is 3. The second kappa shape index (κ2) is 17.5. The van der Waals surface area contributed by atoms with Gasteiger partial charge in [-0.1, -0.05) is 52.7 Å². The summed E-state index contributed by atoms with van der Waals surface area (Å²) in [6.45, 7) is 11.0. The van der Waals surface area contributed by atoms with E-state index < -0.39 is 23.5 Å². The average molecular weight is 484 g/mol. The fourth-order valence-electron chi connectivity index (χ4n) is 2.19. The minimum absolute atomic E-state index is 0.0389. The van der Waals surface area contributed by atoms with Crippen molar-refractivity contribution in [3.05, 3.63) is 35.4 Å². The summed E-state index contributed by atoms with van der Waals surface area (Å²) in [5.74, 6) is -2.54. The Labute approximate surface area is 202 Å². The molecule has 0 atom stereocenters. The van der Waals surface area contributed by atoms with Gasteiger partial charge in [-0.3, -0.25) is 14.4 Å². The van der Waals surface area contributed by atoms with Crippen molar-refractivity contribution in [2.24, 2.45) is 11.8 Å². The van der Waals surface area contributed by atoms with E-state index in [1.165, 1.54) is 12.1 Å². The third-order valence-corrected chi connectivity index (χ3v) is 4.47. The first kappa shape index (κ1) is 33.2. The van der Waals surface area contributed by atoms with Gasteiger partial charge in [0.15, 0.2) is 0 Å². The molecule has 0 aliphatic carbocycles. The molecule has 0 aromatic heterocycles. The molecule has 1 rings (SSSR count). The molecule has 0 saturated heterocycles. The Hall–Kier alpha value is -2.94. The summed E-state index contributed by atoms with van der Waals surface area (Å²) < 4.78 is 0. The monoisotopic (exact) mass is 483 g/mol. The maximum absolute atomic E-state index is 11.1. The second-order valence-corrected chi connectivity index (χ2v) is 8.94. The predicted molar refractivity (Wildman–Crippen MR) is 130 cm³/mol. The molecule has 1 aromatic rings. The zero-order valence-electron chi connectivity index (χ0n) is 21.1. The lowest BCUT2D eigenvalue weighted by Crippen LogP contribution is -2.28. The number of hydrogen-bond acceptors (Lipinski definition) is 5. The highest BCUT2D eigenvalue weighted by Crippen LogP contribution is 2.19. The number of nitrogens with one attached hydrogen (secondary N) is 1. The highest BCUT2D eigenvalue weighted by atomic mass is 16.4. The van der Waals surface area contributed by atoms with Crippen LogP contribution >= 0.6 is 0 Å². The van der Waals surface area contributed by atoms with Crippen molar-refractivity contribution in [1.29, 1.82) is 0 Å². The summed E-state index contributed by atoms with van der Waals surface area (Å²) in [6, 6.07) is 6.19. The summed E-state index contributed by atoms with van der Waals surface area (Å²) in [4.78, 5) is 41.5. The van der Waals surface area contributed by atoms with Crippen molar-refractivity contribution in [2.45, 2.75) is 79.2 Å². The molecule has 0 fully saturated rings. The van der Waals surface area contributed by atoms with Crippen LogP contribution in [0.3, 0.4) is 0 Å². The maximum atomic E-state index is 11.1. The minimum Gasteiger partial charge on any atom is -0.481 e. The van der Waals surface area contributed by atoms with Gasteiger partial charge in [-0.15, -0.1) is 0 Å². The van der Waals surface area contributed by atoms with E-state index in [0.29, 0.717) is 12.1 Å². The molecule has 1 aromatic carbocycles. The predicted octanol–water partition coefficient (Wildman–Crippen LogP) is 4.13. The molecule has 0 bridgehead atoms. The number of hydrogen-bond donors (Lipinski definition) is 5. The van der Waals surface area contributed by atoms with Gasteiger partial charge in [-0.2, -0.15) is 0 Å². The first-order valence-electron chi connectivity index (χ1n) is 11.4. The van der Waals surface area contributed by atoms with Crippen molar-refractivity contribution in [3.8, 4) is 0 Å². The molecule has 0 aliphatic rings. The minimum atomic E-state index is -0.956. The SMILES string of the molecule is CC(C)(O)c1ccc(C(=O)O)cc1.CC(C)C(=O)NCCCCCCC(=O)O.CC(C)C(=O)O. The van der Waals surface area contributed by atoms with Gasteiger partial charge in [0.2, 0.25) is 5.91 Å². The normalized spacial score (nSPS) is 10.5. The number of aliphatic hydroxyl groups is 1. The van der Waals surface area contributed by atoms with Crippen LogP contribution in [0.15, 0.2) is 24.3 Å². The summed E-state index contributed by atoms with van der Waals surface area (Å²) in [6.07, 6.45) is 3.80. The maximum Gasteiger partial charge on any atom is 0.335 e. The Morgan fingerprint density at radius 2 is 1.29 bits per heavy atom. The van der Waals surface area contributed by atoms with Crippen LogP contribution in [0.5, 0.6) is 0 Å². The van der Waals surface area contributed by atoms with Crippen LogP contribution in [0.2, 0.25) is 0 Å². The van der Waals surface area contributed by atoms with E-state index in [1.807, 2.05) is 13.8 Å². The zero-order chi connectivity index (χ0) is 26.9. The van der Waals surface area contributed by atoms with E-state index >= 15 is 0 Å². The molecule has 0 saturated carbocycles. The van der Waals surface area contributed by atoms with Gasteiger partial charge in [0, 0.05) is 18.9 Å². The highest BCUT2D eigenvalue weighted by molar-refractivity contribution is 5.87. The third kappa shape index (κ3) is 18.6. The number of aromatic carboxylic acids is 1. The van der Waals surface area contributed by atoms with Crippen molar-refractivity contribution in [1.82, 2.24) is 5.32 Å². The average Bonchev–Trinajstić information content (AvgIpc) is 2.72. The standard InChI is InChI=1S/C11H21NO3.C10H12O3.C4H8O2/c1-9(2)11(15)12-8-6-4-3-5-7-10(13)14;1-10(2,13)8-5-3-7(4-6-8)9(11)12;1-3(2)4(5)6/h9H,3-8H2,1-2H3,(H,12,15)(H,13,14);3-6,13H,1-2H3,(H,11,12);3H,1-2H3,(H,5,6). The zero-order valence-corrected chi connectivity index (χ0v) is 21.1. The van der Waals surface area contributed by atoms with Crippen LogP contribution in [-0.2, 0) is 20.0 Å². The van der Waals surface area contributed by atoms with E-state index in [0.717, 1.165) is 25.7 Å². The lowest BCUT2D eigenvalue weighted by molar-refractivity contribution is -0.140. The molecule has 0 spiro atoms. The van der Waals surface area contributed by atoms with Crippen LogP contribution < -0.4 is 5.32 Å². The molecule has 1 amide bonds. The first-order valence-corrected chi connectivity index (χ1v) is 11.4. The summed E-state index contributed by atoms with van der Waals surface area (Å²) >= 11 is 0. The number of carbonyl (C=O) groups is 4. The van der Waals surface area contributed by atoms with Crippen LogP contribution in [0.4, 0.5) is 0 Å². The Morgan fingerprint density at radius 3 is 1.65 bits per heavy atom. The summed E-state index contributed by atoms with van der Waals surface area (Å²) in [5, 5.41) is 37.4. The van der Waals surface area contributed by atoms with Crippen molar-refractivity contribution in [2.75, 3.05) is 6.54 Å². The van der Waals surface area contributed by atoms with E-state index in [1.54, 1.807) is 39.8 Å². The molecule has 0 heterocycles. The summed E-state index contributed by atoms with van der Waals surface area (Å²) in [5.41, 5.74) is 0.0160. The quantitative estimate of drug-likeness (QED) is 0.293. The number of benzene rings is 1. The van der Waals surface area contributed by atoms with Crippen LogP contribution in [-0.4, -0.2) is 50.8 Å². The van der Waals surface area contributed by atoms with Crippen molar-refractivity contribution in [3.63, 3.8) is 0 Å². The number of carbonyl (C=O) groups excluding carboxylic acids is 1. The van der Waals surface area contributed by atoms with Gasteiger partial charge in [0.1, 0.15) is 0 Å². The molecule has 0 radical (unpaired) electrons. The van der Waals surface area contributed by atoms with Gasteiger partial charge in [-0.05, 0) is 44.4 Å². The second-order valence-electron chi connectivity index (χ2n) is 8.94. The van der Waals surface area contributed by atoms with E-state index in [4.69, 9.17) is 15.3 Å². The first-order chi connectivity index (χ1) is 15.6. The lowest BCUT2D eigenvalue weighted by atomic mass is 9.97.